The highest BCUT2D eigenvalue weighted by Crippen LogP contribution is 2.25. The molecule has 0 fully saturated rings. The molecule has 2 N–H and O–H groups in total. The van der Waals surface area contributed by atoms with Gasteiger partial charge in [0.1, 0.15) is 24.7 Å². The van der Waals surface area contributed by atoms with Gasteiger partial charge in [0, 0.05) is 13.1 Å². The number of hydrogen-bond donors (Lipinski definition) is 2. The van der Waals surface area contributed by atoms with E-state index in [1.807, 2.05) is 0 Å². The Hall–Kier alpha value is -1.07. The van der Waals surface area contributed by atoms with Gasteiger partial charge in [-0.2, -0.15) is 0 Å². The summed E-state index contributed by atoms with van der Waals surface area (Å²) in [7, 11) is 0. The number of rotatable bonds is 14. The minimum Gasteiger partial charge on any atom is -0.488 e. The van der Waals surface area contributed by atoms with E-state index in [9.17, 15) is 0 Å². The third kappa shape index (κ3) is 11.7. The molecule has 0 heterocycles. The van der Waals surface area contributed by atoms with Crippen molar-refractivity contribution < 1.29 is 9.47 Å². The first-order valence-corrected chi connectivity index (χ1v) is 14.8. The van der Waals surface area contributed by atoms with E-state index in [0.29, 0.717) is 25.0 Å². The summed E-state index contributed by atoms with van der Waals surface area (Å²) in [4.78, 5) is 0. The zero-order valence-corrected chi connectivity index (χ0v) is 27.3. The smallest absolute Gasteiger partial charge is 0.133 e. The maximum absolute atomic E-state index is 6.14. The van der Waals surface area contributed by atoms with E-state index in [0.717, 1.165) is 55.9 Å². The molecule has 0 amide bonds. The lowest BCUT2D eigenvalue weighted by Gasteiger charge is -2.13. The normalized spacial score (nSPS) is 11.0. The molecule has 37 heavy (non-hydrogen) atoms. The van der Waals surface area contributed by atoms with Gasteiger partial charge in [0.05, 0.1) is 7.14 Å². The summed E-state index contributed by atoms with van der Waals surface area (Å²) in [6.45, 7) is 13.8. The first-order chi connectivity index (χ1) is 17.3. The monoisotopic (exact) mass is 748 g/mol. The number of nitrogens with one attached hydrogen (secondary N) is 2. The highest BCUT2D eigenvalue weighted by molar-refractivity contribution is 14.1. The van der Waals surface area contributed by atoms with Crippen LogP contribution in [0.25, 0.3) is 0 Å². The van der Waals surface area contributed by atoms with Crippen LogP contribution in [-0.4, -0.2) is 13.1 Å². The third-order valence-electron chi connectivity index (χ3n) is 5.54. The molecule has 0 aliphatic heterocycles. The minimum atomic E-state index is 0. The van der Waals surface area contributed by atoms with Gasteiger partial charge in [-0.05, 0) is 123 Å². The van der Waals surface area contributed by atoms with Crippen LogP contribution < -0.4 is 20.1 Å². The molecule has 3 aromatic rings. The zero-order valence-electron chi connectivity index (χ0n) is 22.2. The van der Waals surface area contributed by atoms with E-state index in [-0.39, 0.29) is 12.4 Å². The summed E-state index contributed by atoms with van der Waals surface area (Å²) in [6, 6.07) is 21.3. The van der Waals surface area contributed by atoms with Crippen LogP contribution in [0.1, 0.15) is 49.9 Å². The van der Waals surface area contributed by atoms with E-state index < -0.39 is 0 Å². The summed E-state index contributed by atoms with van der Waals surface area (Å²) in [5, 5.41) is 6.99. The average Bonchev–Trinajstić information content (AvgIpc) is 2.83. The molecule has 7 heteroatoms. The molecule has 0 spiro atoms. The van der Waals surface area contributed by atoms with Gasteiger partial charge < -0.3 is 20.1 Å². The largest absolute Gasteiger partial charge is 0.488 e. The van der Waals surface area contributed by atoms with Crippen LogP contribution in [-0.2, 0) is 26.3 Å². The van der Waals surface area contributed by atoms with Crippen molar-refractivity contribution in [2.75, 3.05) is 13.1 Å². The quantitative estimate of drug-likeness (QED) is 0.164. The minimum absolute atomic E-state index is 0. The lowest BCUT2D eigenvalue weighted by atomic mass is 10.1. The summed E-state index contributed by atoms with van der Waals surface area (Å²) < 4.78 is 14.5. The van der Waals surface area contributed by atoms with Crippen molar-refractivity contribution in [3.63, 3.8) is 0 Å². The predicted octanol–water partition coefficient (Wildman–Crippen LogP) is 7.97. The molecule has 0 saturated carbocycles. The second-order valence-electron chi connectivity index (χ2n) is 9.98. The van der Waals surface area contributed by atoms with E-state index in [2.05, 4.69) is 144 Å². The van der Waals surface area contributed by atoms with Crippen molar-refractivity contribution in [2.24, 2.45) is 11.8 Å². The molecule has 0 radical (unpaired) electrons. The van der Waals surface area contributed by atoms with Gasteiger partial charge in [-0.15, -0.1) is 12.4 Å². The molecule has 0 aliphatic rings. The van der Waals surface area contributed by atoms with Crippen molar-refractivity contribution in [2.45, 2.75) is 54.0 Å². The van der Waals surface area contributed by atoms with Gasteiger partial charge in [-0.3, -0.25) is 0 Å². The Bertz CT molecular complexity index is 1030. The second-order valence-corrected chi connectivity index (χ2v) is 12.3. The van der Waals surface area contributed by atoms with Crippen LogP contribution in [0.15, 0.2) is 60.7 Å². The Kier molecular flexibility index (Phi) is 14.6. The van der Waals surface area contributed by atoms with Crippen LogP contribution in [0.5, 0.6) is 11.5 Å². The molecule has 0 bridgehead atoms. The van der Waals surface area contributed by atoms with Crippen molar-refractivity contribution in [3.05, 3.63) is 90.1 Å². The molecule has 0 aliphatic carbocycles. The molecule has 0 atom stereocenters. The van der Waals surface area contributed by atoms with Crippen LogP contribution in [0.2, 0.25) is 0 Å². The van der Waals surface area contributed by atoms with Crippen molar-refractivity contribution in [3.8, 4) is 11.5 Å². The Balaban J connectivity index is 0.00000481. The van der Waals surface area contributed by atoms with Crippen LogP contribution in [0.4, 0.5) is 0 Å². The average molecular weight is 749 g/mol. The topological polar surface area (TPSA) is 42.5 Å². The van der Waals surface area contributed by atoms with Crippen molar-refractivity contribution >= 4 is 57.6 Å². The lowest BCUT2D eigenvalue weighted by molar-refractivity contribution is 0.297. The number of halogens is 3. The van der Waals surface area contributed by atoms with E-state index in [1.165, 1.54) is 11.1 Å². The number of hydrogen-bond acceptors (Lipinski definition) is 4. The molecule has 202 valence electrons. The molecule has 3 rings (SSSR count). The zero-order chi connectivity index (χ0) is 25.9. The molecular weight excluding hydrogens is 710 g/mol. The predicted molar refractivity (Wildman–Crippen MR) is 174 cm³/mol. The van der Waals surface area contributed by atoms with Crippen molar-refractivity contribution in [1.82, 2.24) is 10.6 Å². The van der Waals surface area contributed by atoms with E-state index in [1.54, 1.807) is 0 Å². The second kappa shape index (κ2) is 16.8. The summed E-state index contributed by atoms with van der Waals surface area (Å²) in [5.74, 6) is 3.14. The van der Waals surface area contributed by atoms with Gasteiger partial charge in [0.2, 0.25) is 0 Å². The maximum Gasteiger partial charge on any atom is 0.133 e. The Morgan fingerprint density at radius 2 is 1.05 bits per heavy atom. The number of ether oxygens (including phenoxy) is 2. The summed E-state index contributed by atoms with van der Waals surface area (Å²) >= 11 is 4.72. The highest BCUT2D eigenvalue weighted by Gasteiger charge is 2.07. The van der Waals surface area contributed by atoms with Gasteiger partial charge in [-0.1, -0.05) is 58.0 Å². The Labute approximate surface area is 256 Å². The first-order valence-electron chi connectivity index (χ1n) is 12.6. The van der Waals surface area contributed by atoms with E-state index in [4.69, 9.17) is 9.47 Å². The molecule has 0 saturated heterocycles. The molecule has 0 unspecified atom stereocenters. The van der Waals surface area contributed by atoms with Crippen molar-refractivity contribution in [1.29, 1.82) is 0 Å². The summed E-state index contributed by atoms with van der Waals surface area (Å²) in [6.07, 6.45) is 0. The lowest BCUT2D eigenvalue weighted by Crippen LogP contribution is -2.19. The van der Waals surface area contributed by atoms with E-state index >= 15 is 0 Å². The molecule has 3 aromatic carbocycles. The first kappa shape index (κ1) is 32.1. The molecule has 0 aromatic heterocycles. The SMILES string of the molecule is CC(C)CNCc1ccc(OCc2cccc(COc3ccc(CNCC(C)C)cc3I)c2)c(I)c1.Cl. The van der Waals surface area contributed by atoms with Crippen LogP contribution in [0.3, 0.4) is 0 Å². The van der Waals surface area contributed by atoms with Gasteiger partial charge in [-0.25, -0.2) is 0 Å². The summed E-state index contributed by atoms with van der Waals surface area (Å²) in [5.41, 5.74) is 4.83. The van der Waals surface area contributed by atoms with Gasteiger partial charge in [0.25, 0.3) is 0 Å². The third-order valence-corrected chi connectivity index (χ3v) is 7.22. The van der Waals surface area contributed by atoms with Crippen LogP contribution in [0, 0.1) is 19.0 Å². The van der Waals surface area contributed by atoms with Gasteiger partial charge >= 0.3 is 0 Å². The Morgan fingerprint density at radius 3 is 1.43 bits per heavy atom. The fraction of sp³-hybridized carbons (Fsp3) is 0.400. The van der Waals surface area contributed by atoms with Crippen LogP contribution >= 0.6 is 57.6 Å². The highest BCUT2D eigenvalue weighted by atomic mass is 127. The van der Waals surface area contributed by atoms with Gasteiger partial charge in [0.15, 0.2) is 0 Å². The standard InChI is InChI=1S/C30H38I2N2O2.ClH/c1-21(2)15-33-17-23-8-10-29(27(31)13-23)35-19-25-6-5-7-26(12-25)20-36-30-11-9-24(14-28(30)32)18-34-16-22(3)4;/h5-14,21-22,33-34H,15-20H2,1-4H3;1H. The molecular formula is C30H39ClI2N2O2. The Morgan fingerprint density at radius 1 is 0.622 bits per heavy atom. The maximum atomic E-state index is 6.14. The fourth-order valence-electron chi connectivity index (χ4n) is 3.68. The fourth-order valence-corrected chi connectivity index (χ4v) is 5.16. The molecule has 4 nitrogen and oxygen atoms in total. The number of benzene rings is 3.